The van der Waals surface area contributed by atoms with Crippen LogP contribution < -0.4 is 10.6 Å². The molecule has 0 radical (unpaired) electrons. The summed E-state index contributed by atoms with van der Waals surface area (Å²) in [7, 11) is 1.57. The maximum Gasteiger partial charge on any atom is 0.408 e. The van der Waals surface area contributed by atoms with Gasteiger partial charge in [0.1, 0.15) is 17.7 Å². The zero-order chi connectivity index (χ0) is 26.6. The molecule has 0 heterocycles. The normalized spacial score (nSPS) is 13.0. The van der Waals surface area contributed by atoms with Gasteiger partial charge in [-0.25, -0.2) is 4.79 Å². The third-order valence-electron chi connectivity index (χ3n) is 5.82. The lowest BCUT2D eigenvalue weighted by Gasteiger charge is -2.31. The molecular weight excluding hydrogens is 454 g/mol. The average Bonchev–Trinajstić information content (AvgIpc) is 2.78. The van der Waals surface area contributed by atoms with Crippen LogP contribution in [0.3, 0.4) is 0 Å². The summed E-state index contributed by atoms with van der Waals surface area (Å²) in [4.78, 5) is 40.6. The number of anilines is 1. The van der Waals surface area contributed by atoms with E-state index in [-0.39, 0.29) is 5.91 Å². The van der Waals surface area contributed by atoms with Gasteiger partial charge in [0, 0.05) is 12.7 Å². The number of aryl methyl sites for hydroxylation is 2. The first-order valence-corrected chi connectivity index (χ1v) is 12.0. The second-order valence-electron chi connectivity index (χ2n) is 10.1. The fourth-order valence-electron chi connectivity index (χ4n) is 4.11. The van der Waals surface area contributed by atoms with Crippen molar-refractivity contribution in [1.82, 2.24) is 10.2 Å². The van der Waals surface area contributed by atoms with E-state index in [9.17, 15) is 14.4 Å². The molecule has 0 aliphatic rings. The summed E-state index contributed by atoms with van der Waals surface area (Å²) < 4.78 is 5.28. The Kier molecular flexibility index (Phi) is 8.03. The Balaban J connectivity index is 1.89. The number of amides is 3. The number of benzene rings is 3. The number of alkyl carbamates (subject to hydrolysis) is 1. The largest absolute Gasteiger partial charge is 0.444 e. The van der Waals surface area contributed by atoms with E-state index in [0.717, 1.165) is 21.9 Å². The molecule has 3 aromatic carbocycles. The molecule has 0 bridgehead atoms. The van der Waals surface area contributed by atoms with Gasteiger partial charge in [-0.3, -0.25) is 9.59 Å². The van der Waals surface area contributed by atoms with E-state index in [4.69, 9.17) is 4.74 Å². The minimum atomic E-state index is -0.910. The summed E-state index contributed by atoms with van der Waals surface area (Å²) in [6.07, 6.45) is -0.694. The summed E-state index contributed by atoms with van der Waals surface area (Å²) in [6, 6.07) is 17.5. The SMILES string of the molecule is Cc1ccc(C(C(=O)Nc2ccc3ccccc3c2)N(C)C(=O)C(C)NC(=O)OC(C)(C)C)c(C)c1. The quantitative estimate of drug-likeness (QED) is 0.478. The maximum atomic E-state index is 13.6. The Hall–Kier alpha value is -3.87. The summed E-state index contributed by atoms with van der Waals surface area (Å²) in [5.41, 5.74) is 2.59. The van der Waals surface area contributed by atoms with E-state index in [2.05, 4.69) is 10.6 Å². The van der Waals surface area contributed by atoms with E-state index >= 15 is 0 Å². The van der Waals surface area contributed by atoms with E-state index < -0.39 is 29.7 Å². The molecule has 0 spiro atoms. The lowest BCUT2D eigenvalue weighted by molar-refractivity contribution is -0.138. The van der Waals surface area contributed by atoms with Crippen LogP contribution in [0.1, 0.15) is 50.4 Å². The molecule has 2 unspecified atom stereocenters. The van der Waals surface area contributed by atoms with Crippen molar-refractivity contribution in [3.63, 3.8) is 0 Å². The summed E-state index contributed by atoms with van der Waals surface area (Å²) in [5, 5.41) is 7.61. The zero-order valence-corrected chi connectivity index (χ0v) is 22.0. The molecule has 3 rings (SSSR count). The van der Waals surface area contributed by atoms with Crippen molar-refractivity contribution in [3.8, 4) is 0 Å². The summed E-state index contributed by atoms with van der Waals surface area (Å²) >= 11 is 0. The van der Waals surface area contributed by atoms with Gasteiger partial charge < -0.3 is 20.3 Å². The molecule has 7 heteroatoms. The molecule has 2 N–H and O–H groups in total. The fourth-order valence-corrected chi connectivity index (χ4v) is 4.11. The second-order valence-corrected chi connectivity index (χ2v) is 10.1. The molecule has 0 saturated carbocycles. The minimum absolute atomic E-state index is 0.349. The van der Waals surface area contributed by atoms with Crippen LogP contribution in [-0.4, -0.2) is 41.5 Å². The van der Waals surface area contributed by atoms with Crippen molar-refractivity contribution in [1.29, 1.82) is 0 Å². The van der Waals surface area contributed by atoms with Gasteiger partial charge in [-0.2, -0.15) is 0 Å². The van der Waals surface area contributed by atoms with Gasteiger partial charge in [0.25, 0.3) is 5.91 Å². The number of hydrogen-bond donors (Lipinski definition) is 2. The molecule has 3 aromatic rings. The van der Waals surface area contributed by atoms with Crippen LogP contribution in [0.2, 0.25) is 0 Å². The van der Waals surface area contributed by atoms with Gasteiger partial charge in [-0.05, 0) is 75.6 Å². The highest BCUT2D eigenvalue weighted by Gasteiger charge is 2.33. The fraction of sp³-hybridized carbons (Fsp3) is 0.345. The van der Waals surface area contributed by atoms with Gasteiger partial charge in [0.15, 0.2) is 0 Å². The highest BCUT2D eigenvalue weighted by molar-refractivity contribution is 6.00. The first-order valence-electron chi connectivity index (χ1n) is 12.0. The number of carbonyl (C=O) groups excluding carboxylic acids is 3. The third kappa shape index (κ3) is 6.62. The van der Waals surface area contributed by atoms with Crippen LogP contribution in [0.4, 0.5) is 10.5 Å². The number of likely N-dealkylation sites (N-methyl/N-ethyl adjacent to an activating group) is 1. The van der Waals surface area contributed by atoms with Crippen molar-refractivity contribution in [2.45, 2.75) is 59.2 Å². The third-order valence-corrected chi connectivity index (χ3v) is 5.82. The highest BCUT2D eigenvalue weighted by atomic mass is 16.6. The Morgan fingerprint density at radius 1 is 0.917 bits per heavy atom. The first kappa shape index (κ1) is 26.7. The first-order chi connectivity index (χ1) is 16.9. The molecule has 36 heavy (non-hydrogen) atoms. The number of carbonyl (C=O) groups is 3. The molecule has 0 aromatic heterocycles. The van der Waals surface area contributed by atoms with Crippen molar-refractivity contribution in [2.75, 3.05) is 12.4 Å². The zero-order valence-electron chi connectivity index (χ0n) is 22.0. The van der Waals surface area contributed by atoms with Crippen molar-refractivity contribution >= 4 is 34.4 Å². The Morgan fingerprint density at radius 2 is 1.58 bits per heavy atom. The van der Waals surface area contributed by atoms with Crippen molar-refractivity contribution in [3.05, 3.63) is 77.4 Å². The predicted octanol–water partition coefficient (Wildman–Crippen LogP) is 5.51. The minimum Gasteiger partial charge on any atom is -0.444 e. The van der Waals surface area contributed by atoms with Gasteiger partial charge in [0.05, 0.1) is 0 Å². The van der Waals surface area contributed by atoms with Gasteiger partial charge in [-0.1, -0.05) is 54.1 Å². The molecule has 7 nitrogen and oxygen atoms in total. The van der Waals surface area contributed by atoms with E-state index in [1.54, 1.807) is 34.7 Å². The Bertz CT molecular complexity index is 1280. The molecule has 2 atom stereocenters. The van der Waals surface area contributed by atoms with E-state index in [0.29, 0.717) is 11.3 Å². The van der Waals surface area contributed by atoms with Crippen molar-refractivity contribution < 1.29 is 19.1 Å². The lowest BCUT2D eigenvalue weighted by Crippen LogP contribution is -2.49. The van der Waals surface area contributed by atoms with E-state index in [1.807, 2.05) is 74.5 Å². The molecule has 0 saturated heterocycles. The highest BCUT2D eigenvalue weighted by Crippen LogP contribution is 2.27. The van der Waals surface area contributed by atoms with Crippen LogP contribution in [0.25, 0.3) is 10.8 Å². The summed E-state index contributed by atoms with van der Waals surface area (Å²) in [5.74, 6) is -0.767. The van der Waals surface area contributed by atoms with Gasteiger partial charge in [-0.15, -0.1) is 0 Å². The number of fused-ring (bicyclic) bond motifs is 1. The number of rotatable bonds is 6. The smallest absolute Gasteiger partial charge is 0.408 e. The molecular formula is C29H35N3O4. The molecule has 190 valence electrons. The van der Waals surface area contributed by atoms with Crippen molar-refractivity contribution in [2.24, 2.45) is 0 Å². The molecule has 0 fully saturated rings. The predicted molar refractivity (Wildman–Crippen MR) is 143 cm³/mol. The van der Waals surface area contributed by atoms with Gasteiger partial charge in [0.2, 0.25) is 5.91 Å². The number of ether oxygens (including phenoxy) is 1. The van der Waals surface area contributed by atoms with Crippen LogP contribution in [0.5, 0.6) is 0 Å². The molecule has 0 aliphatic heterocycles. The standard InChI is InChI=1S/C29H35N3O4/c1-18-12-15-24(19(2)16-18)25(32(7)27(34)20(3)30-28(35)36-29(4,5)6)26(33)31-23-14-13-21-10-8-9-11-22(21)17-23/h8-17,20,25H,1-7H3,(H,30,35)(H,31,33). The van der Waals surface area contributed by atoms with Crippen LogP contribution >= 0.6 is 0 Å². The lowest BCUT2D eigenvalue weighted by atomic mass is 9.97. The van der Waals surface area contributed by atoms with Crippen LogP contribution in [0, 0.1) is 13.8 Å². The van der Waals surface area contributed by atoms with Crippen LogP contribution in [0.15, 0.2) is 60.7 Å². The second kappa shape index (κ2) is 10.8. The molecule has 3 amide bonds. The number of hydrogen-bond acceptors (Lipinski definition) is 4. The summed E-state index contributed by atoms with van der Waals surface area (Å²) in [6.45, 7) is 10.7. The number of nitrogens with zero attached hydrogens (tertiary/aromatic N) is 1. The average molecular weight is 490 g/mol. The number of nitrogens with one attached hydrogen (secondary N) is 2. The Morgan fingerprint density at radius 3 is 2.22 bits per heavy atom. The van der Waals surface area contributed by atoms with Gasteiger partial charge >= 0.3 is 6.09 Å². The van der Waals surface area contributed by atoms with E-state index in [1.165, 1.54) is 4.90 Å². The monoisotopic (exact) mass is 489 g/mol. The Labute approximate surface area is 212 Å². The molecule has 0 aliphatic carbocycles. The topological polar surface area (TPSA) is 87.7 Å². The van der Waals surface area contributed by atoms with Crippen LogP contribution in [-0.2, 0) is 14.3 Å². The maximum absolute atomic E-state index is 13.6.